The van der Waals surface area contributed by atoms with Gasteiger partial charge in [-0.25, -0.2) is 0 Å². The molecule has 4 atom stereocenters. The zero-order valence-corrected chi connectivity index (χ0v) is 13.2. The molecule has 0 aliphatic rings. The summed E-state index contributed by atoms with van der Waals surface area (Å²) in [6.45, 7) is -2.40. The number of aliphatic carboxylic acids is 1. The number of hydrogen-bond donors (Lipinski definition) is 6. The summed E-state index contributed by atoms with van der Waals surface area (Å²) in [6.07, 6.45) is 0. The minimum absolute atomic E-state index is 0.557. The summed E-state index contributed by atoms with van der Waals surface area (Å²) in [7, 11) is 0. The highest BCUT2D eigenvalue weighted by atomic mass is 16.6. The van der Waals surface area contributed by atoms with Gasteiger partial charge in [0.05, 0.1) is 6.61 Å². The van der Waals surface area contributed by atoms with Crippen molar-refractivity contribution in [1.82, 2.24) is 0 Å². The Bertz CT molecular complexity index is 487. The number of esters is 3. The Morgan fingerprint density at radius 1 is 0.680 bits per heavy atom. The van der Waals surface area contributed by atoms with E-state index < -0.39 is 74.5 Å². The molecule has 0 rings (SSSR count). The lowest BCUT2D eigenvalue weighted by Crippen LogP contribution is -2.44. The largest absolute Gasteiger partial charge is 0.480 e. The summed E-state index contributed by atoms with van der Waals surface area (Å²) in [6, 6.07) is -5.42. The van der Waals surface area contributed by atoms with Crippen LogP contribution in [0.5, 0.6) is 0 Å². The van der Waals surface area contributed by atoms with Crippen molar-refractivity contribution in [3.8, 4) is 0 Å². The highest BCUT2D eigenvalue weighted by Gasteiger charge is 2.24. The van der Waals surface area contributed by atoms with Crippen LogP contribution in [0.25, 0.3) is 0 Å². The predicted molar refractivity (Wildman–Crippen MR) is 79.5 cm³/mol. The third-order valence-electron chi connectivity index (χ3n) is 2.64. The van der Waals surface area contributed by atoms with E-state index in [1.54, 1.807) is 0 Å². The molecule has 0 saturated carbocycles. The molecule has 0 saturated heterocycles. The number of carboxylic acid groups (broad SMARTS) is 1. The zero-order chi connectivity index (χ0) is 19.6. The van der Waals surface area contributed by atoms with E-state index in [9.17, 15) is 19.2 Å². The summed E-state index contributed by atoms with van der Waals surface area (Å²) in [5, 5.41) is 17.2. The smallest absolute Gasteiger partial charge is 0.326 e. The van der Waals surface area contributed by atoms with Gasteiger partial charge in [-0.05, 0) is 0 Å². The van der Waals surface area contributed by atoms with Gasteiger partial charge in [-0.15, -0.1) is 0 Å². The van der Waals surface area contributed by atoms with Gasteiger partial charge in [0.1, 0.15) is 44.0 Å². The van der Waals surface area contributed by atoms with E-state index in [2.05, 4.69) is 14.2 Å². The van der Waals surface area contributed by atoms with E-state index in [0.717, 1.165) is 0 Å². The van der Waals surface area contributed by atoms with Gasteiger partial charge in [0.15, 0.2) is 0 Å². The fourth-order valence-corrected chi connectivity index (χ4v) is 1.12. The maximum absolute atomic E-state index is 11.6. The average Bonchev–Trinajstić information content (AvgIpc) is 2.59. The molecule has 144 valence electrons. The Morgan fingerprint density at radius 3 is 1.32 bits per heavy atom. The maximum Gasteiger partial charge on any atom is 0.326 e. The van der Waals surface area contributed by atoms with Gasteiger partial charge in [-0.2, -0.15) is 0 Å². The van der Waals surface area contributed by atoms with Gasteiger partial charge >= 0.3 is 23.9 Å². The molecule has 0 aromatic carbocycles. The topological polar surface area (TPSA) is 241 Å². The van der Waals surface area contributed by atoms with E-state index in [0.29, 0.717) is 0 Å². The molecule has 0 amide bonds. The van der Waals surface area contributed by atoms with Crippen LogP contribution >= 0.6 is 0 Å². The van der Waals surface area contributed by atoms with Crippen molar-refractivity contribution in [2.45, 2.75) is 24.2 Å². The third kappa shape index (κ3) is 8.92. The normalized spacial score (nSPS) is 15.4. The highest BCUT2D eigenvalue weighted by Crippen LogP contribution is 1.95. The van der Waals surface area contributed by atoms with Gasteiger partial charge in [0.25, 0.3) is 0 Å². The minimum Gasteiger partial charge on any atom is -0.480 e. The summed E-state index contributed by atoms with van der Waals surface area (Å²) in [5.74, 6) is -4.37. The van der Waals surface area contributed by atoms with Crippen molar-refractivity contribution in [3.63, 3.8) is 0 Å². The number of ether oxygens (including phenoxy) is 3. The standard InChI is InChI=1S/C12H22N4O9/c13-5(1-17)10(20)24-3-7(15)12(22)25-4-8(16)11(21)23-2-6(14)9(18)19/h5-8,17H,1-4,13-16H2,(H,18,19)/t5-,6-,7-,8-/m1/s1. The second kappa shape index (κ2) is 11.3. The number of carboxylic acids is 1. The maximum atomic E-state index is 11.6. The van der Waals surface area contributed by atoms with E-state index in [-0.39, 0.29) is 0 Å². The summed E-state index contributed by atoms with van der Waals surface area (Å²) in [5.41, 5.74) is 21.1. The average molecular weight is 366 g/mol. The number of carbonyl (C=O) groups is 4. The van der Waals surface area contributed by atoms with Crippen LogP contribution in [0.2, 0.25) is 0 Å². The van der Waals surface area contributed by atoms with Crippen LogP contribution in [0.1, 0.15) is 0 Å². The molecule has 0 heterocycles. The number of rotatable bonds is 11. The predicted octanol–water partition coefficient (Wildman–Crippen LogP) is -5.00. The first-order valence-corrected chi connectivity index (χ1v) is 6.96. The van der Waals surface area contributed by atoms with Crippen molar-refractivity contribution in [2.75, 3.05) is 26.4 Å². The number of aliphatic hydroxyl groups excluding tert-OH is 1. The van der Waals surface area contributed by atoms with Crippen LogP contribution in [0.15, 0.2) is 0 Å². The van der Waals surface area contributed by atoms with Gasteiger partial charge in [0, 0.05) is 0 Å². The first-order valence-electron chi connectivity index (χ1n) is 6.96. The molecule has 0 unspecified atom stereocenters. The van der Waals surface area contributed by atoms with Crippen LogP contribution in [0, 0.1) is 0 Å². The van der Waals surface area contributed by atoms with Crippen molar-refractivity contribution >= 4 is 23.9 Å². The van der Waals surface area contributed by atoms with E-state index in [1.165, 1.54) is 0 Å². The zero-order valence-electron chi connectivity index (χ0n) is 13.2. The van der Waals surface area contributed by atoms with Crippen molar-refractivity contribution < 1.29 is 43.6 Å². The lowest BCUT2D eigenvalue weighted by molar-refractivity contribution is -0.154. The van der Waals surface area contributed by atoms with Crippen molar-refractivity contribution in [1.29, 1.82) is 0 Å². The number of carbonyl (C=O) groups excluding carboxylic acids is 3. The summed E-state index contributed by atoms with van der Waals surface area (Å²) < 4.78 is 13.8. The molecule has 0 aliphatic heterocycles. The number of aliphatic hydroxyl groups is 1. The molecular formula is C12H22N4O9. The van der Waals surface area contributed by atoms with Crippen LogP contribution < -0.4 is 22.9 Å². The molecular weight excluding hydrogens is 344 g/mol. The fraction of sp³-hybridized carbons (Fsp3) is 0.667. The molecule has 25 heavy (non-hydrogen) atoms. The van der Waals surface area contributed by atoms with Gasteiger partial charge < -0.3 is 47.4 Å². The lowest BCUT2D eigenvalue weighted by Gasteiger charge is -2.16. The quantitative estimate of drug-likeness (QED) is 0.148. The second-order valence-corrected chi connectivity index (χ2v) is 4.84. The van der Waals surface area contributed by atoms with E-state index in [4.69, 9.17) is 33.1 Å². The Morgan fingerprint density at radius 2 is 1.00 bits per heavy atom. The summed E-state index contributed by atoms with van der Waals surface area (Å²) >= 11 is 0. The first-order chi connectivity index (χ1) is 11.6. The number of nitrogens with two attached hydrogens (primary N) is 4. The molecule has 13 heteroatoms. The van der Waals surface area contributed by atoms with Crippen molar-refractivity contribution in [3.05, 3.63) is 0 Å². The fourth-order valence-electron chi connectivity index (χ4n) is 1.12. The van der Waals surface area contributed by atoms with Crippen LogP contribution in [0.4, 0.5) is 0 Å². The molecule has 0 radical (unpaired) electrons. The summed E-state index contributed by atoms with van der Waals surface area (Å²) in [4.78, 5) is 44.6. The molecule has 10 N–H and O–H groups in total. The second-order valence-electron chi connectivity index (χ2n) is 4.84. The van der Waals surface area contributed by atoms with Gasteiger partial charge in [0.2, 0.25) is 0 Å². The van der Waals surface area contributed by atoms with Gasteiger partial charge in [-0.1, -0.05) is 0 Å². The molecule has 0 aliphatic carbocycles. The molecule has 13 nitrogen and oxygen atoms in total. The van der Waals surface area contributed by atoms with Gasteiger partial charge in [-0.3, -0.25) is 19.2 Å². The van der Waals surface area contributed by atoms with Crippen LogP contribution in [-0.4, -0.2) is 84.7 Å². The van der Waals surface area contributed by atoms with E-state index in [1.807, 2.05) is 0 Å². The molecule has 0 fully saturated rings. The van der Waals surface area contributed by atoms with Crippen LogP contribution in [0.3, 0.4) is 0 Å². The van der Waals surface area contributed by atoms with E-state index >= 15 is 0 Å². The molecule has 0 bridgehead atoms. The monoisotopic (exact) mass is 366 g/mol. The third-order valence-corrected chi connectivity index (χ3v) is 2.64. The Labute approximate surface area is 142 Å². The minimum atomic E-state index is -1.41. The highest BCUT2D eigenvalue weighted by molar-refractivity contribution is 5.80. The Kier molecular flexibility index (Phi) is 10.2. The van der Waals surface area contributed by atoms with Crippen molar-refractivity contribution in [2.24, 2.45) is 22.9 Å². The SMILES string of the molecule is N[C@H](COC(=O)[C@H](N)COC(=O)[C@H](N)COC(=O)[C@H](N)CO)C(=O)O. The molecule has 0 spiro atoms. The molecule has 0 aromatic heterocycles. The molecule has 0 aromatic rings. The van der Waals surface area contributed by atoms with Crippen LogP contribution in [-0.2, 0) is 33.4 Å². The number of hydrogen-bond acceptors (Lipinski definition) is 12. The Hall–Kier alpha value is -2.32. The Balaban J connectivity index is 4.15. The first kappa shape index (κ1) is 22.7. The lowest BCUT2D eigenvalue weighted by atomic mass is 10.3.